The van der Waals surface area contributed by atoms with Gasteiger partial charge in [0.2, 0.25) is 5.91 Å². The fraction of sp³-hybridized carbons (Fsp3) is 0.857. The van der Waals surface area contributed by atoms with Crippen molar-refractivity contribution in [2.24, 2.45) is 0 Å². The first-order chi connectivity index (χ1) is 8.45. The molecule has 0 fully saturated rings. The van der Waals surface area contributed by atoms with E-state index < -0.39 is 22.9 Å². The van der Waals surface area contributed by atoms with Gasteiger partial charge >= 0.3 is 0 Å². The Hall–Kier alpha value is -2.17. The van der Waals surface area contributed by atoms with Crippen molar-refractivity contribution >= 4 is 5.91 Å². The number of nitrogens with zero attached hydrogens (tertiary/aromatic N) is 2. The average molecular weight is 267 g/mol. The maximum Gasteiger partial charge on any atom is 0.294 e. The minimum Gasteiger partial charge on any atom is -0.379 e. The fourth-order valence-electron chi connectivity index (χ4n) is 0.879. The maximum absolute atomic E-state index is 10.8. The zero-order valence-corrected chi connectivity index (χ0v) is 9.57. The van der Waals surface area contributed by atoms with E-state index in [0.29, 0.717) is 0 Å². The molecule has 0 aliphatic rings. The first-order valence-corrected chi connectivity index (χ1v) is 4.82. The molecule has 0 aliphatic heterocycles. The Labute approximate surface area is 101 Å². The molecule has 1 N–H and O–H groups in total. The van der Waals surface area contributed by atoms with Crippen LogP contribution in [0.4, 0.5) is 0 Å². The molecule has 0 aromatic carbocycles. The largest absolute Gasteiger partial charge is 0.379 e. The van der Waals surface area contributed by atoms with E-state index in [4.69, 9.17) is 4.74 Å². The molecule has 18 heavy (non-hydrogen) atoms. The summed E-state index contributed by atoms with van der Waals surface area (Å²) >= 11 is 0. The average Bonchev–Trinajstić information content (AvgIpc) is 2.30. The number of carbonyl (C=O) groups is 1. The van der Waals surface area contributed by atoms with Crippen molar-refractivity contribution < 1.29 is 29.4 Å². The number of hydrogen-bond donors (Lipinski definition) is 1. The van der Waals surface area contributed by atoms with Gasteiger partial charge in [-0.2, -0.15) is 0 Å². The van der Waals surface area contributed by atoms with Crippen LogP contribution in [-0.2, 0) is 19.2 Å². The molecule has 1 unspecified atom stereocenters. The summed E-state index contributed by atoms with van der Waals surface area (Å²) in [7, 11) is 1.45. The standard InChI is InChI=1S/C7H13N3O8/c1-8-7(11)2-3-16-4-6(18-10(14)15)5-17-9(12)13/h6H,2-5H2,1H3,(H,8,11). The maximum atomic E-state index is 10.8. The quantitative estimate of drug-likeness (QED) is 0.299. The predicted molar refractivity (Wildman–Crippen MR) is 54.3 cm³/mol. The minimum atomic E-state index is -1.23. The number of carbonyl (C=O) groups excluding carboxylic acids is 1. The second kappa shape index (κ2) is 8.92. The zero-order chi connectivity index (χ0) is 14.0. The highest BCUT2D eigenvalue weighted by atomic mass is 17.0. The van der Waals surface area contributed by atoms with Gasteiger partial charge in [0.1, 0.15) is 6.61 Å². The Balaban J connectivity index is 3.88. The second-order valence-corrected chi connectivity index (χ2v) is 2.97. The van der Waals surface area contributed by atoms with Gasteiger partial charge in [0.25, 0.3) is 10.2 Å². The van der Waals surface area contributed by atoms with Crippen LogP contribution in [0.3, 0.4) is 0 Å². The van der Waals surface area contributed by atoms with E-state index in [-0.39, 0.29) is 25.5 Å². The van der Waals surface area contributed by atoms with Gasteiger partial charge in [0.15, 0.2) is 6.10 Å². The van der Waals surface area contributed by atoms with Gasteiger partial charge in [-0.15, -0.1) is 20.2 Å². The van der Waals surface area contributed by atoms with Crippen LogP contribution >= 0.6 is 0 Å². The first-order valence-electron chi connectivity index (χ1n) is 4.82. The monoisotopic (exact) mass is 267 g/mol. The van der Waals surface area contributed by atoms with Gasteiger partial charge in [-0.25, -0.2) is 0 Å². The summed E-state index contributed by atoms with van der Waals surface area (Å²) in [5.74, 6) is -0.261. The third-order valence-electron chi connectivity index (χ3n) is 1.66. The number of amides is 1. The number of nitrogens with one attached hydrogen (secondary N) is 1. The lowest BCUT2D eigenvalue weighted by molar-refractivity contribution is -0.790. The molecular weight excluding hydrogens is 254 g/mol. The van der Waals surface area contributed by atoms with Crippen molar-refractivity contribution in [3.05, 3.63) is 20.2 Å². The van der Waals surface area contributed by atoms with Crippen LogP contribution < -0.4 is 5.32 Å². The lowest BCUT2D eigenvalue weighted by Crippen LogP contribution is -2.30. The summed E-state index contributed by atoms with van der Waals surface area (Å²) in [5, 5.41) is 20.1. The molecule has 0 spiro atoms. The summed E-state index contributed by atoms with van der Waals surface area (Å²) in [6, 6.07) is 0. The number of hydrogen-bond acceptors (Lipinski definition) is 8. The highest BCUT2D eigenvalue weighted by Crippen LogP contribution is 1.97. The van der Waals surface area contributed by atoms with Crippen molar-refractivity contribution in [2.75, 3.05) is 26.9 Å². The zero-order valence-electron chi connectivity index (χ0n) is 9.57. The van der Waals surface area contributed by atoms with Crippen molar-refractivity contribution in [1.29, 1.82) is 0 Å². The fourth-order valence-corrected chi connectivity index (χ4v) is 0.879. The second-order valence-electron chi connectivity index (χ2n) is 2.97. The van der Waals surface area contributed by atoms with Crippen LogP contribution in [0.25, 0.3) is 0 Å². The van der Waals surface area contributed by atoms with Crippen LogP contribution in [0.15, 0.2) is 0 Å². The van der Waals surface area contributed by atoms with Crippen LogP contribution in [0.1, 0.15) is 6.42 Å². The highest BCUT2D eigenvalue weighted by Gasteiger charge is 2.16. The first kappa shape index (κ1) is 15.8. The van der Waals surface area contributed by atoms with E-state index in [1.165, 1.54) is 7.05 Å². The molecule has 0 bridgehead atoms. The Morgan fingerprint density at radius 3 is 2.44 bits per heavy atom. The van der Waals surface area contributed by atoms with Gasteiger partial charge in [-0.3, -0.25) is 4.79 Å². The van der Waals surface area contributed by atoms with Gasteiger partial charge < -0.3 is 19.7 Å². The van der Waals surface area contributed by atoms with Crippen LogP contribution in [-0.4, -0.2) is 49.1 Å². The van der Waals surface area contributed by atoms with E-state index in [1.807, 2.05) is 0 Å². The lowest BCUT2D eigenvalue weighted by Gasteiger charge is -2.13. The Kier molecular flexibility index (Phi) is 7.85. The summed E-state index contributed by atoms with van der Waals surface area (Å²) in [6.45, 7) is -0.921. The molecule has 0 rings (SSSR count). The smallest absolute Gasteiger partial charge is 0.294 e. The molecule has 0 radical (unpaired) electrons. The summed E-state index contributed by atoms with van der Waals surface area (Å²) in [4.78, 5) is 38.8. The predicted octanol–water partition coefficient (Wildman–Crippen LogP) is -1.08. The normalized spacial score (nSPS) is 11.4. The van der Waals surface area contributed by atoms with Crippen molar-refractivity contribution in [2.45, 2.75) is 12.5 Å². The molecule has 1 amide bonds. The molecule has 0 aromatic rings. The van der Waals surface area contributed by atoms with Crippen molar-refractivity contribution in [3.8, 4) is 0 Å². The van der Waals surface area contributed by atoms with Crippen LogP contribution in [0.2, 0.25) is 0 Å². The van der Waals surface area contributed by atoms with E-state index in [9.17, 15) is 25.0 Å². The Morgan fingerprint density at radius 1 is 1.28 bits per heavy atom. The molecule has 0 aromatic heterocycles. The van der Waals surface area contributed by atoms with Crippen molar-refractivity contribution in [3.63, 3.8) is 0 Å². The minimum absolute atomic E-state index is 0.00963. The number of ether oxygens (including phenoxy) is 1. The molecular formula is C7H13N3O8. The van der Waals surface area contributed by atoms with Gasteiger partial charge in [-0.1, -0.05) is 0 Å². The summed E-state index contributed by atoms with van der Waals surface area (Å²) < 4.78 is 4.91. The SMILES string of the molecule is CNC(=O)CCOCC(CO[N+](=O)[O-])O[N+](=O)[O-]. The molecule has 0 heterocycles. The Bertz CT molecular complexity index is 296. The molecule has 104 valence electrons. The van der Waals surface area contributed by atoms with E-state index in [0.717, 1.165) is 0 Å². The summed E-state index contributed by atoms with van der Waals surface area (Å²) in [6.07, 6.45) is -1.16. The van der Waals surface area contributed by atoms with E-state index >= 15 is 0 Å². The van der Waals surface area contributed by atoms with Gasteiger partial charge in [0.05, 0.1) is 13.2 Å². The molecule has 1 atom stereocenters. The van der Waals surface area contributed by atoms with Crippen LogP contribution in [0, 0.1) is 20.2 Å². The van der Waals surface area contributed by atoms with Gasteiger partial charge in [0, 0.05) is 13.5 Å². The Morgan fingerprint density at radius 2 is 1.94 bits per heavy atom. The van der Waals surface area contributed by atoms with E-state index in [2.05, 4.69) is 15.0 Å². The third-order valence-corrected chi connectivity index (χ3v) is 1.66. The van der Waals surface area contributed by atoms with Gasteiger partial charge in [-0.05, 0) is 0 Å². The molecule has 11 nitrogen and oxygen atoms in total. The van der Waals surface area contributed by atoms with Crippen LogP contribution in [0.5, 0.6) is 0 Å². The van der Waals surface area contributed by atoms with Crippen molar-refractivity contribution in [1.82, 2.24) is 5.32 Å². The third kappa shape index (κ3) is 9.08. The molecule has 11 heteroatoms. The highest BCUT2D eigenvalue weighted by molar-refractivity contribution is 5.75. The number of rotatable bonds is 10. The molecule has 0 saturated carbocycles. The lowest BCUT2D eigenvalue weighted by atomic mass is 10.4. The van der Waals surface area contributed by atoms with E-state index in [1.54, 1.807) is 0 Å². The summed E-state index contributed by atoms with van der Waals surface area (Å²) in [5.41, 5.74) is 0. The molecule has 0 aliphatic carbocycles. The molecule has 0 saturated heterocycles. The topological polar surface area (TPSA) is 143 Å².